The highest BCUT2D eigenvalue weighted by Gasteiger charge is 2.27. The highest BCUT2D eigenvalue weighted by molar-refractivity contribution is 7.56. The molecule has 0 saturated carbocycles. The first-order valence-electron chi connectivity index (χ1n) is 8.27. The smallest absolute Gasteiger partial charge is 0.323 e. The summed E-state index contributed by atoms with van der Waals surface area (Å²) in [5.41, 5.74) is -0.120. The zero-order chi connectivity index (χ0) is 18.7. The van der Waals surface area contributed by atoms with Crippen molar-refractivity contribution in [3.8, 4) is 5.75 Å². The SMILES string of the molecule is C[C@H](NP(C)(=O)Oc1cccc2ccccc12)C(=O)OCC(C)(C)C. The van der Waals surface area contributed by atoms with Crippen LogP contribution in [-0.4, -0.2) is 25.3 Å². The molecule has 0 heterocycles. The Morgan fingerprint density at radius 2 is 1.80 bits per heavy atom. The number of benzene rings is 2. The van der Waals surface area contributed by atoms with E-state index in [0.29, 0.717) is 12.4 Å². The second kappa shape index (κ2) is 7.59. The third-order valence-electron chi connectivity index (χ3n) is 3.45. The maximum absolute atomic E-state index is 12.8. The van der Waals surface area contributed by atoms with Crippen molar-refractivity contribution in [2.24, 2.45) is 5.41 Å². The van der Waals surface area contributed by atoms with Crippen LogP contribution < -0.4 is 9.61 Å². The van der Waals surface area contributed by atoms with Gasteiger partial charge in [-0.1, -0.05) is 57.2 Å². The summed E-state index contributed by atoms with van der Waals surface area (Å²) >= 11 is 0. The largest absolute Gasteiger partial charge is 0.464 e. The molecule has 0 fully saturated rings. The number of nitrogens with one attached hydrogen (secondary N) is 1. The van der Waals surface area contributed by atoms with E-state index in [2.05, 4.69) is 5.09 Å². The van der Waals surface area contributed by atoms with Gasteiger partial charge in [-0.25, -0.2) is 5.09 Å². The predicted molar refractivity (Wildman–Crippen MR) is 101 cm³/mol. The summed E-state index contributed by atoms with van der Waals surface area (Å²) in [7, 11) is -3.24. The van der Waals surface area contributed by atoms with Gasteiger partial charge in [0.05, 0.1) is 6.61 Å². The number of carbonyl (C=O) groups excluding carboxylic acids is 1. The fourth-order valence-corrected chi connectivity index (χ4v) is 3.70. The molecule has 2 rings (SSSR count). The standard InChI is InChI=1S/C19H26NO4P/c1-14(18(21)23-13-19(2,3)4)20-25(5,22)24-17-12-8-10-15-9-6-7-11-16(15)17/h6-12,14H,13H2,1-5H3,(H,20,22)/t14-,25?/m0/s1. The Morgan fingerprint density at radius 1 is 1.16 bits per heavy atom. The summed E-state index contributed by atoms with van der Waals surface area (Å²) < 4.78 is 23.8. The molecule has 2 aromatic rings. The van der Waals surface area contributed by atoms with Gasteiger partial charge in [-0.15, -0.1) is 0 Å². The molecule has 0 aliphatic carbocycles. The molecule has 2 atom stereocenters. The highest BCUT2D eigenvalue weighted by atomic mass is 31.2. The summed E-state index contributed by atoms with van der Waals surface area (Å²) in [5.74, 6) is 0.0743. The van der Waals surface area contributed by atoms with E-state index in [1.54, 1.807) is 13.0 Å². The molecule has 0 spiro atoms. The number of rotatable bonds is 6. The molecule has 0 aliphatic rings. The minimum absolute atomic E-state index is 0.120. The molecule has 25 heavy (non-hydrogen) atoms. The fourth-order valence-electron chi connectivity index (χ4n) is 2.31. The van der Waals surface area contributed by atoms with Crippen LogP contribution in [0.25, 0.3) is 10.8 Å². The van der Waals surface area contributed by atoms with Gasteiger partial charge in [0.1, 0.15) is 11.8 Å². The van der Waals surface area contributed by atoms with Gasteiger partial charge in [-0.3, -0.25) is 9.36 Å². The molecule has 0 radical (unpaired) electrons. The highest BCUT2D eigenvalue weighted by Crippen LogP contribution is 2.42. The van der Waals surface area contributed by atoms with E-state index in [1.165, 1.54) is 6.66 Å². The first kappa shape index (κ1) is 19.5. The number of esters is 1. The molecule has 1 N–H and O–H groups in total. The van der Waals surface area contributed by atoms with E-state index in [4.69, 9.17) is 9.26 Å². The lowest BCUT2D eigenvalue weighted by Crippen LogP contribution is -2.35. The lowest BCUT2D eigenvalue weighted by molar-refractivity contribution is -0.148. The zero-order valence-electron chi connectivity index (χ0n) is 15.4. The summed E-state index contributed by atoms with van der Waals surface area (Å²) in [6, 6.07) is 12.5. The normalized spacial score (nSPS) is 15.4. The Labute approximate surface area is 149 Å². The van der Waals surface area contributed by atoms with Crippen LogP contribution in [0.3, 0.4) is 0 Å². The van der Waals surface area contributed by atoms with Gasteiger partial charge in [0.15, 0.2) is 0 Å². The van der Waals surface area contributed by atoms with Crippen LogP contribution in [-0.2, 0) is 14.1 Å². The number of fused-ring (bicyclic) bond motifs is 1. The first-order chi connectivity index (χ1) is 11.6. The zero-order valence-corrected chi connectivity index (χ0v) is 16.3. The van der Waals surface area contributed by atoms with Crippen molar-refractivity contribution in [3.63, 3.8) is 0 Å². The molecule has 5 nitrogen and oxygen atoms in total. The van der Waals surface area contributed by atoms with Crippen LogP contribution in [0.15, 0.2) is 42.5 Å². The van der Waals surface area contributed by atoms with Gasteiger partial charge >= 0.3 is 13.5 Å². The molecule has 0 aromatic heterocycles. The van der Waals surface area contributed by atoms with Gasteiger partial charge in [-0.05, 0) is 23.8 Å². The Hall–Kier alpha value is -1.84. The number of hydrogen-bond donors (Lipinski definition) is 1. The maximum atomic E-state index is 12.8. The van der Waals surface area contributed by atoms with Crippen molar-refractivity contribution >= 4 is 24.3 Å². The summed E-state index contributed by atoms with van der Waals surface area (Å²) in [4.78, 5) is 12.1. The Kier molecular flexibility index (Phi) is 5.91. The van der Waals surface area contributed by atoms with Crippen LogP contribution >= 0.6 is 7.52 Å². The van der Waals surface area contributed by atoms with Gasteiger partial charge in [0, 0.05) is 12.1 Å². The summed E-state index contributed by atoms with van der Waals surface area (Å²) in [6.45, 7) is 9.32. The minimum Gasteiger partial charge on any atom is -0.464 e. The van der Waals surface area contributed by atoms with Crippen molar-refractivity contribution in [2.75, 3.05) is 13.3 Å². The molecular formula is C19H26NO4P. The quantitative estimate of drug-likeness (QED) is 0.600. The molecule has 0 saturated heterocycles. The van der Waals surface area contributed by atoms with Gasteiger partial charge in [-0.2, -0.15) is 0 Å². The van der Waals surface area contributed by atoms with Crippen molar-refractivity contribution in [1.29, 1.82) is 0 Å². The molecular weight excluding hydrogens is 337 g/mol. The van der Waals surface area contributed by atoms with E-state index >= 15 is 0 Å². The molecule has 0 amide bonds. The molecule has 136 valence electrons. The topological polar surface area (TPSA) is 64.6 Å². The van der Waals surface area contributed by atoms with Crippen LogP contribution in [0.2, 0.25) is 0 Å². The van der Waals surface area contributed by atoms with Crippen LogP contribution in [0.1, 0.15) is 27.7 Å². The average molecular weight is 363 g/mol. The molecule has 0 bridgehead atoms. The summed E-state index contributed by atoms with van der Waals surface area (Å²) in [5, 5.41) is 4.63. The number of carbonyl (C=O) groups is 1. The van der Waals surface area contributed by atoms with E-state index in [-0.39, 0.29) is 5.41 Å². The van der Waals surface area contributed by atoms with E-state index in [1.807, 2.05) is 57.2 Å². The molecule has 2 aromatic carbocycles. The van der Waals surface area contributed by atoms with Gasteiger partial charge < -0.3 is 9.26 Å². The van der Waals surface area contributed by atoms with Gasteiger partial charge in [0.25, 0.3) is 0 Å². The van der Waals surface area contributed by atoms with Gasteiger partial charge in [0.2, 0.25) is 0 Å². The van der Waals surface area contributed by atoms with E-state index in [9.17, 15) is 9.36 Å². The van der Waals surface area contributed by atoms with Crippen molar-refractivity contribution in [2.45, 2.75) is 33.7 Å². The monoisotopic (exact) mass is 363 g/mol. The first-order valence-corrected chi connectivity index (χ1v) is 10.3. The molecule has 0 aliphatic heterocycles. The van der Waals surface area contributed by atoms with Crippen molar-refractivity contribution in [1.82, 2.24) is 5.09 Å². The lowest BCUT2D eigenvalue weighted by Gasteiger charge is -2.23. The van der Waals surface area contributed by atoms with Crippen LogP contribution in [0.5, 0.6) is 5.75 Å². The number of hydrogen-bond acceptors (Lipinski definition) is 4. The van der Waals surface area contributed by atoms with Crippen molar-refractivity contribution < 1.29 is 18.6 Å². The molecule has 6 heteroatoms. The molecule has 1 unspecified atom stereocenters. The Bertz CT molecular complexity index is 792. The van der Waals surface area contributed by atoms with Crippen LogP contribution in [0.4, 0.5) is 0 Å². The predicted octanol–water partition coefficient (Wildman–Crippen LogP) is 4.61. The third-order valence-corrected chi connectivity index (χ3v) is 4.85. The second-order valence-corrected chi connectivity index (χ2v) is 9.57. The third kappa shape index (κ3) is 5.87. The fraction of sp³-hybridized carbons (Fsp3) is 0.421. The Balaban J connectivity index is 2.06. The average Bonchev–Trinajstić information content (AvgIpc) is 2.51. The maximum Gasteiger partial charge on any atom is 0.323 e. The van der Waals surface area contributed by atoms with E-state index < -0.39 is 19.5 Å². The summed E-state index contributed by atoms with van der Waals surface area (Å²) in [6.07, 6.45) is 0. The van der Waals surface area contributed by atoms with E-state index in [0.717, 1.165) is 10.8 Å². The second-order valence-electron chi connectivity index (χ2n) is 7.43. The Morgan fingerprint density at radius 3 is 2.48 bits per heavy atom. The lowest BCUT2D eigenvalue weighted by atomic mass is 9.99. The van der Waals surface area contributed by atoms with Crippen molar-refractivity contribution in [3.05, 3.63) is 42.5 Å². The van der Waals surface area contributed by atoms with Crippen LogP contribution in [0, 0.1) is 5.41 Å². The minimum atomic E-state index is -3.24. The number of ether oxygens (including phenoxy) is 1.